The molecule has 0 saturated carbocycles. The number of anilines is 1. The number of hydrogen-bond donors (Lipinski definition) is 1. The normalized spacial score (nSPS) is 10.1. The molecule has 16 heavy (non-hydrogen) atoms. The molecule has 0 unspecified atom stereocenters. The van der Waals surface area contributed by atoms with E-state index in [2.05, 4.69) is 27.2 Å². The van der Waals surface area contributed by atoms with E-state index >= 15 is 0 Å². The maximum Gasteiger partial charge on any atom is 0.129 e. The Hall–Kier alpha value is -1.97. The Morgan fingerprint density at radius 1 is 1.12 bits per heavy atom. The maximum atomic E-state index is 4.23. The average molecular weight is 214 g/mol. The smallest absolute Gasteiger partial charge is 0.129 e. The van der Waals surface area contributed by atoms with E-state index in [-0.39, 0.29) is 0 Å². The van der Waals surface area contributed by atoms with Crippen LogP contribution in [0, 0.1) is 0 Å². The van der Waals surface area contributed by atoms with Crippen LogP contribution in [-0.2, 0) is 13.0 Å². The van der Waals surface area contributed by atoms with Crippen molar-refractivity contribution in [2.75, 3.05) is 5.32 Å². The van der Waals surface area contributed by atoms with Crippen molar-refractivity contribution in [3.05, 3.63) is 48.2 Å². The number of nitrogens with zero attached hydrogens (tertiary/aromatic N) is 3. The minimum absolute atomic E-state index is 0.682. The topological polar surface area (TPSA) is 50.7 Å². The van der Waals surface area contributed by atoms with E-state index in [1.807, 2.05) is 24.3 Å². The van der Waals surface area contributed by atoms with Gasteiger partial charge in [-0.25, -0.2) is 9.97 Å². The quantitative estimate of drug-likeness (QED) is 0.846. The highest BCUT2D eigenvalue weighted by molar-refractivity contribution is 5.35. The summed E-state index contributed by atoms with van der Waals surface area (Å²) in [5.41, 5.74) is 2.04. The van der Waals surface area contributed by atoms with Crippen LogP contribution in [-0.4, -0.2) is 15.0 Å². The van der Waals surface area contributed by atoms with E-state index in [9.17, 15) is 0 Å². The third-order valence-electron chi connectivity index (χ3n) is 2.26. The molecule has 0 fully saturated rings. The van der Waals surface area contributed by atoms with Gasteiger partial charge in [0, 0.05) is 18.0 Å². The van der Waals surface area contributed by atoms with Crippen molar-refractivity contribution in [1.82, 2.24) is 15.0 Å². The van der Waals surface area contributed by atoms with Crippen molar-refractivity contribution in [2.45, 2.75) is 19.9 Å². The van der Waals surface area contributed by atoms with Crippen molar-refractivity contribution < 1.29 is 0 Å². The van der Waals surface area contributed by atoms with Gasteiger partial charge in [0.15, 0.2) is 0 Å². The van der Waals surface area contributed by atoms with E-state index in [1.54, 1.807) is 12.5 Å². The summed E-state index contributed by atoms with van der Waals surface area (Å²) in [6, 6.07) is 7.82. The second-order valence-electron chi connectivity index (χ2n) is 3.42. The molecule has 0 saturated heterocycles. The fraction of sp³-hybridized carbons (Fsp3) is 0.250. The van der Waals surface area contributed by atoms with E-state index in [0.717, 1.165) is 23.6 Å². The summed E-state index contributed by atoms with van der Waals surface area (Å²) in [6.07, 6.45) is 4.29. The molecule has 0 bridgehead atoms. The first kappa shape index (κ1) is 10.5. The Morgan fingerprint density at radius 3 is 2.81 bits per heavy atom. The molecule has 0 aliphatic rings. The first-order valence-corrected chi connectivity index (χ1v) is 5.33. The third-order valence-corrected chi connectivity index (χ3v) is 2.26. The van der Waals surface area contributed by atoms with E-state index in [1.165, 1.54) is 0 Å². The lowest BCUT2D eigenvalue weighted by Gasteiger charge is -2.05. The number of nitrogens with one attached hydrogen (secondary N) is 1. The summed E-state index contributed by atoms with van der Waals surface area (Å²) in [6.45, 7) is 2.76. The molecule has 0 radical (unpaired) electrons. The lowest BCUT2D eigenvalue weighted by Crippen LogP contribution is -2.03. The zero-order valence-electron chi connectivity index (χ0n) is 9.22. The molecule has 4 heteroatoms. The van der Waals surface area contributed by atoms with E-state index in [4.69, 9.17) is 0 Å². The molecule has 82 valence electrons. The first-order chi connectivity index (χ1) is 7.88. The van der Waals surface area contributed by atoms with Crippen LogP contribution in [0.4, 0.5) is 5.82 Å². The second-order valence-corrected chi connectivity index (χ2v) is 3.42. The summed E-state index contributed by atoms with van der Waals surface area (Å²) >= 11 is 0. The fourth-order valence-electron chi connectivity index (χ4n) is 1.37. The lowest BCUT2D eigenvalue weighted by atomic mass is 10.3. The predicted molar refractivity (Wildman–Crippen MR) is 63.0 cm³/mol. The second kappa shape index (κ2) is 5.21. The first-order valence-electron chi connectivity index (χ1n) is 5.33. The third kappa shape index (κ3) is 2.76. The molecular weight excluding hydrogens is 200 g/mol. The van der Waals surface area contributed by atoms with Crippen LogP contribution in [0.1, 0.15) is 18.3 Å². The van der Waals surface area contributed by atoms with Crippen LogP contribution in [0.5, 0.6) is 0 Å². The van der Waals surface area contributed by atoms with Gasteiger partial charge in [0.2, 0.25) is 0 Å². The van der Waals surface area contributed by atoms with Crippen LogP contribution in [0.25, 0.3) is 0 Å². The van der Waals surface area contributed by atoms with Gasteiger partial charge in [0.25, 0.3) is 0 Å². The number of aryl methyl sites for hydroxylation is 1. The number of rotatable bonds is 4. The van der Waals surface area contributed by atoms with Crippen LogP contribution in [0.15, 0.2) is 36.8 Å². The molecule has 2 heterocycles. The zero-order valence-corrected chi connectivity index (χ0v) is 9.22. The van der Waals surface area contributed by atoms with Gasteiger partial charge in [-0.15, -0.1) is 0 Å². The molecule has 2 rings (SSSR count). The minimum atomic E-state index is 0.682. The summed E-state index contributed by atoms with van der Waals surface area (Å²) in [5, 5.41) is 3.22. The average Bonchev–Trinajstić information content (AvgIpc) is 2.38. The number of pyridine rings is 1. The molecule has 4 nitrogen and oxygen atoms in total. The minimum Gasteiger partial charge on any atom is -0.364 e. The van der Waals surface area contributed by atoms with Gasteiger partial charge < -0.3 is 5.32 Å². The molecular formula is C12H14N4. The SMILES string of the molecule is CCc1cc(NCc2ccccn2)ncn1. The summed E-state index contributed by atoms with van der Waals surface area (Å²) in [5.74, 6) is 0.845. The monoisotopic (exact) mass is 214 g/mol. The van der Waals surface area contributed by atoms with Crippen molar-refractivity contribution in [3.8, 4) is 0 Å². The van der Waals surface area contributed by atoms with Gasteiger partial charge in [-0.3, -0.25) is 4.98 Å². The molecule has 0 aromatic carbocycles. The molecule has 0 atom stereocenters. The van der Waals surface area contributed by atoms with E-state index in [0.29, 0.717) is 6.54 Å². The van der Waals surface area contributed by atoms with Crippen molar-refractivity contribution in [1.29, 1.82) is 0 Å². The summed E-state index contributed by atoms with van der Waals surface area (Å²) in [7, 11) is 0. The highest BCUT2D eigenvalue weighted by Gasteiger charge is 1.97. The lowest BCUT2D eigenvalue weighted by molar-refractivity contribution is 0.975. The Bertz CT molecular complexity index is 442. The Morgan fingerprint density at radius 2 is 2.06 bits per heavy atom. The van der Waals surface area contributed by atoms with Gasteiger partial charge in [-0.05, 0) is 18.6 Å². The maximum absolute atomic E-state index is 4.23. The van der Waals surface area contributed by atoms with Crippen molar-refractivity contribution >= 4 is 5.82 Å². The van der Waals surface area contributed by atoms with Crippen LogP contribution in [0.2, 0.25) is 0 Å². The van der Waals surface area contributed by atoms with Crippen LogP contribution in [0.3, 0.4) is 0 Å². The molecule has 1 N–H and O–H groups in total. The fourth-order valence-corrected chi connectivity index (χ4v) is 1.37. The molecule has 2 aromatic heterocycles. The molecule has 0 aliphatic heterocycles. The Kier molecular flexibility index (Phi) is 3.43. The van der Waals surface area contributed by atoms with Crippen LogP contribution < -0.4 is 5.32 Å². The largest absolute Gasteiger partial charge is 0.364 e. The predicted octanol–water partition coefficient (Wildman–Crippen LogP) is 2.05. The molecule has 2 aromatic rings. The summed E-state index contributed by atoms with van der Waals surface area (Å²) < 4.78 is 0. The highest BCUT2D eigenvalue weighted by atomic mass is 15.0. The Balaban J connectivity index is 1.99. The number of hydrogen-bond acceptors (Lipinski definition) is 4. The van der Waals surface area contributed by atoms with Crippen LogP contribution >= 0.6 is 0 Å². The van der Waals surface area contributed by atoms with Crippen molar-refractivity contribution in [3.63, 3.8) is 0 Å². The van der Waals surface area contributed by atoms with E-state index < -0.39 is 0 Å². The van der Waals surface area contributed by atoms with Gasteiger partial charge in [-0.2, -0.15) is 0 Å². The zero-order chi connectivity index (χ0) is 11.2. The highest BCUT2D eigenvalue weighted by Crippen LogP contribution is 2.05. The number of aromatic nitrogens is 3. The molecule has 0 amide bonds. The van der Waals surface area contributed by atoms with Gasteiger partial charge in [0.05, 0.1) is 12.2 Å². The van der Waals surface area contributed by atoms with Crippen molar-refractivity contribution in [2.24, 2.45) is 0 Å². The van der Waals surface area contributed by atoms with Gasteiger partial charge >= 0.3 is 0 Å². The molecule has 0 spiro atoms. The Labute approximate surface area is 94.8 Å². The van der Waals surface area contributed by atoms with Gasteiger partial charge in [-0.1, -0.05) is 13.0 Å². The molecule has 0 aliphatic carbocycles. The standard InChI is InChI=1S/C12H14N4/c1-2-10-7-12(16-9-15-10)14-8-11-5-3-4-6-13-11/h3-7,9H,2,8H2,1H3,(H,14,15,16). The summed E-state index contributed by atoms with van der Waals surface area (Å²) in [4.78, 5) is 12.5. The van der Waals surface area contributed by atoms with Gasteiger partial charge in [0.1, 0.15) is 12.1 Å².